The van der Waals surface area contributed by atoms with Crippen molar-refractivity contribution < 1.29 is 18.7 Å². The van der Waals surface area contributed by atoms with Crippen LogP contribution in [0.1, 0.15) is 39.5 Å². The maximum absolute atomic E-state index is 12.6. The van der Waals surface area contributed by atoms with Gasteiger partial charge in [0.15, 0.2) is 0 Å². The Morgan fingerprint density at radius 2 is 1.86 bits per heavy atom. The summed E-state index contributed by atoms with van der Waals surface area (Å²) in [5.74, 6) is 2.15. The molecule has 28 heavy (non-hydrogen) atoms. The van der Waals surface area contributed by atoms with E-state index in [-0.39, 0.29) is 17.2 Å². The second-order valence-electron chi connectivity index (χ2n) is 7.11. The number of rotatable bonds is 7. The van der Waals surface area contributed by atoms with Gasteiger partial charge >= 0.3 is 0 Å². The van der Waals surface area contributed by atoms with Crippen LogP contribution in [0.15, 0.2) is 27.8 Å². The SMILES string of the molecule is COc1cc(OC)cc(-c2nnc(S[C@H](C)C(=O)N[C@H]3CCCC[C@H]3C)o2)c1. The molecule has 1 fully saturated rings. The number of methoxy groups -OCH3 is 2. The molecule has 1 amide bonds. The summed E-state index contributed by atoms with van der Waals surface area (Å²) >= 11 is 1.26. The van der Waals surface area contributed by atoms with Crippen LogP contribution in [-0.4, -0.2) is 41.6 Å². The Balaban J connectivity index is 1.64. The minimum Gasteiger partial charge on any atom is -0.497 e. The molecule has 2 aromatic rings. The average molecular weight is 406 g/mol. The number of aromatic nitrogens is 2. The lowest BCUT2D eigenvalue weighted by molar-refractivity contribution is -0.121. The van der Waals surface area contributed by atoms with Crippen LogP contribution in [0.25, 0.3) is 11.5 Å². The molecule has 1 saturated carbocycles. The van der Waals surface area contributed by atoms with E-state index >= 15 is 0 Å². The van der Waals surface area contributed by atoms with Crippen LogP contribution >= 0.6 is 11.8 Å². The van der Waals surface area contributed by atoms with Crippen LogP contribution in [0.2, 0.25) is 0 Å². The molecule has 152 valence electrons. The van der Waals surface area contributed by atoms with Gasteiger partial charge < -0.3 is 19.2 Å². The molecule has 0 aliphatic heterocycles. The second-order valence-corrected chi connectivity index (χ2v) is 8.40. The van der Waals surface area contributed by atoms with Crippen LogP contribution in [-0.2, 0) is 4.79 Å². The summed E-state index contributed by atoms with van der Waals surface area (Å²) in [5.41, 5.74) is 0.698. The van der Waals surface area contributed by atoms with Gasteiger partial charge in [0.25, 0.3) is 5.22 Å². The van der Waals surface area contributed by atoms with Crippen molar-refractivity contribution >= 4 is 17.7 Å². The van der Waals surface area contributed by atoms with E-state index in [0.29, 0.717) is 34.1 Å². The minimum atomic E-state index is -0.317. The number of nitrogens with one attached hydrogen (secondary N) is 1. The minimum absolute atomic E-state index is 0.00606. The Kier molecular flexibility index (Phi) is 6.83. The smallest absolute Gasteiger partial charge is 0.277 e. The highest BCUT2D eigenvalue weighted by molar-refractivity contribution is 8.00. The summed E-state index contributed by atoms with van der Waals surface area (Å²) in [6.07, 6.45) is 4.64. The zero-order valence-electron chi connectivity index (χ0n) is 16.7. The zero-order chi connectivity index (χ0) is 20.1. The molecule has 8 heteroatoms. The van der Waals surface area contributed by atoms with Gasteiger partial charge in [0.1, 0.15) is 11.5 Å². The van der Waals surface area contributed by atoms with Gasteiger partial charge in [-0.1, -0.05) is 31.5 Å². The molecule has 1 aromatic carbocycles. The molecular formula is C20H27N3O4S. The number of amides is 1. The molecule has 1 aliphatic rings. The Morgan fingerprint density at radius 3 is 2.50 bits per heavy atom. The fourth-order valence-corrected chi connectivity index (χ4v) is 4.03. The van der Waals surface area contributed by atoms with Gasteiger partial charge in [-0.05, 0) is 37.8 Å². The highest BCUT2D eigenvalue weighted by Gasteiger charge is 2.26. The lowest BCUT2D eigenvalue weighted by Gasteiger charge is -2.30. The van der Waals surface area contributed by atoms with Crippen LogP contribution in [0.5, 0.6) is 11.5 Å². The van der Waals surface area contributed by atoms with Crippen molar-refractivity contribution in [3.63, 3.8) is 0 Å². The quantitative estimate of drug-likeness (QED) is 0.699. The Bertz CT molecular complexity index is 788. The summed E-state index contributed by atoms with van der Waals surface area (Å²) in [6, 6.07) is 5.62. The van der Waals surface area contributed by atoms with Crippen molar-refractivity contribution in [2.75, 3.05) is 14.2 Å². The van der Waals surface area contributed by atoms with Gasteiger partial charge in [-0.25, -0.2) is 0 Å². The van der Waals surface area contributed by atoms with Gasteiger partial charge in [0, 0.05) is 17.7 Å². The van der Waals surface area contributed by atoms with E-state index in [1.54, 1.807) is 32.4 Å². The van der Waals surface area contributed by atoms with E-state index in [0.717, 1.165) is 6.42 Å². The van der Waals surface area contributed by atoms with Crippen molar-refractivity contribution in [3.05, 3.63) is 18.2 Å². The van der Waals surface area contributed by atoms with Crippen LogP contribution in [0.4, 0.5) is 0 Å². The van der Waals surface area contributed by atoms with E-state index < -0.39 is 0 Å². The molecule has 0 radical (unpaired) electrons. The molecule has 7 nitrogen and oxygen atoms in total. The molecule has 1 N–H and O–H groups in total. The van der Waals surface area contributed by atoms with Crippen molar-refractivity contribution in [1.29, 1.82) is 0 Å². The summed E-state index contributed by atoms with van der Waals surface area (Å²) in [7, 11) is 3.17. The zero-order valence-corrected chi connectivity index (χ0v) is 17.5. The van der Waals surface area contributed by atoms with Crippen molar-refractivity contribution in [2.24, 2.45) is 5.92 Å². The normalized spacial score (nSPS) is 20.4. The monoisotopic (exact) mass is 405 g/mol. The van der Waals surface area contributed by atoms with Gasteiger partial charge in [-0.15, -0.1) is 10.2 Å². The van der Waals surface area contributed by atoms with Crippen molar-refractivity contribution in [1.82, 2.24) is 15.5 Å². The highest BCUT2D eigenvalue weighted by Crippen LogP contribution is 2.31. The third-order valence-electron chi connectivity index (χ3n) is 5.09. The Hall–Kier alpha value is -2.22. The molecule has 0 unspecified atom stereocenters. The predicted octanol–water partition coefficient (Wildman–Crippen LogP) is 3.93. The number of benzene rings is 1. The van der Waals surface area contributed by atoms with Gasteiger partial charge in [-0.3, -0.25) is 4.79 Å². The predicted molar refractivity (Wildman–Crippen MR) is 108 cm³/mol. The third kappa shape index (κ3) is 4.98. The number of carbonyl (C=O) groups is 1. The standard InChI is InChI=1S/C20H27N3O4S/c1-12-7-5-6-8-17(12)21-18(24)13(2)28-20-23-22-19(27-20)14-9-15(25-3)11-16(10-14)26-4/h9-13,17H,5-8H2,1-4H3,(H,21,24)/t12-,13-,17+/m1/s1. The Labute approximate surface area is 169 Å². The van der Waals surface area contributed by atoms with Gasteiger partial charge in [0.2, 0.25) is 11.8 Å². The molecule has 3 rings (SSSR count). The first-order chi connectivity index (χ1) is 13.5. The van der Waals surface area contributed by atoms with Crippen LogP contribution in [0, 0.1) is 5.92 Å². The maximum Gasteiger partial charge on any atom is 0.277 e. The topological polar surface area (TPSA) is 86.5 Å². The van der Waals surface area contributed by atoms with Gasteiger partial charge in [0.05, 0.1) is 19.5 Å². The van der Waals surface area contributed by atoms with Crippen LogP contribution in [0.3, 0.4) is 0 Å². The van der Waals surface area contributed by atoms with E-state index in [4.69, 9.17) is 13.9 Å². The van der Waals surface area contributed by atoms with Crippen molar-refractivity contribution in [2.45, 2.75) is 56.0 Å². The number of nitrogens with zero attached hydrogens (tertiary/aromatic N) is 2. The Morgan fingerprint density at radius 1 is 1.18 bits per heavy atom. The first-order valence-electron chi connectivity index (χ1n) is 9.54. The number of hydrogen-bond donors (Lipinski definition) is 1. The average Bonchev–Trinajstić information content (AvgIpc) is 3.17. The maximum atomic E-state index is 12.6. The lowest BCUT2D eigenvalue weighted by Crippen LogP contribution is -2.44. The van der Waals surface area contributed by atoms with Crippen molar-refractivity contribution in [3.8, 4) is 23.0 Å². The largest absolute Gasteiger partial charge is 0.497 e. The van der Waals surface area contributed by atoms with E-state index in [1.807, 2.05) is 6.92 Å². The van der Waals surface area contributed by atoms with E-state index in [9.17, 15) is 4.79 Å². The molecule has 1 heterocycles. The molecule has 0 bridgehead atoms. The summed E-state index contributed by atoms with van der Waals surface area (Å²) in [6.45, 7) is 4.06. The van der Waals surface area contributed by atoms with Crippen LogP contribution < -0.4 is 14.8 Å². The fourth-order valence-electron chi connectivity index (χ4n) is 3.34. The number of carbonyl (C=O) groups excluding carboxylic acids is 1. The molecule has 1 aromatic heterocycles. The summed E-state index contributed by atoms with van der Waals surface area (Å²) in [4.78, 5) is 12.6. The second kappa shape index (κ2) is 9.32. The molecule has 3 atom stereocenters. The first kappa shape index (κ1) is 20.5. The lowest BCUT2D eigenvalue weighted by atomic mass is 9.86. The summed E-state index contributed by atoms with van der Waals surface area (Å²) in [5, 5.41) is 11.4. The molecular weight excluding hydrogens is 378 g/mol. The number of thioether (sulfide) groups is 1. The van der Waals surface area contributed by atoms with Gasteiger partial charge in [-0.2, -0.15) is 0 Å². The molecule has 1 aliphatic carbocycles. The highest BCUT2D eigenvalue weighted by atomic mass is 32.2. The molecule has 0 spiro atoms. The first-order valence-corrected chi connectivity index (χ1v) is 10.4. The van der Waals surface area contributed by atoms with E-state index in [2.05, 4.69) is 22.4 Å². The number of ether oxygens (including phenoxy) is 2. The number of hydrogen-bond acceptors (Lipinski definition) is 7. The van der Waals surface area contributed by atoms with E-state index in [1.165, 1.54) is 31.0 Å². The third-order valence-corrected chi connectivity index (χ3v) is 6.03. The summed E-state index contributed by atoms with van der Waals surface area (Å²) < 4.78 is 16.3. The fraction of sp³-hybridized carbons (Fsp3) is 0.550. The molecule has 0 saturated heterocycles.